The maximum absolute atomic E-state index is 12.9. The molecule has 1 aromatic rings. The summed E-state index contributed by atoms with van der Waals surface area (Å²) >= 11 is 1.37. The third-order valence-electron chi connectivity index (χ3n) is 1.52. The molecule has 0 fully saturated rings. The highest BCUT2D eigenvalue weighted by Crippen LogP contribution is 2.28. The standard InChI is InChI=1S/C9H11F2NS/c1-2-3-13-8-5-6(10)4-7(11)9(8)12/h4-5H,2-3,12H2,1H3. The molecule has 0 aliphatic rings. The lowest BCUT2D eigenvalue weighted by Crippen LogP contribution is -1.95. The Morgan fingerprint density at radius 3 is 2.69 bits per heavy atom. The maximum atomic E-state index is 12.9. The van der Waals surface area contributed by atoms with Gasteiger partial charge in [0.25, 0.3) is 0 Å². The maximum Gasteiger partial charge on any atom is 0.150 e. The zero-order valence-corrected chi connectivity index (χ0v) is 8.13. The number of hydrogen-bond acceptors (Lipinski definition) is 2. The number of nitrogen functional groups attached to an aromatic ring is 1. The number of thioether (sulfide) groups is 1. The molecule has 13 heavy (non-hydrogen) atoms. The Balaban J connectivity index is 2.92. The van der Waals surface area contributed by atoms with Gasteiger partial charge in [-0.05, 0) is 18.2 Å². The molecule has 0 atom stereocenters. The van der Waals surface area contributed by atoms with E-state index >= 15 is 0 Å². The third kappa shape index (κ3) is 2.59. The van der Waals surface area contributed by atoms with Crippen molar-refractivity contribution in [2.45, 2.75) is 18.2 Å². The average Bonchev–Trinajstić information content (AvgIpc) is 2.09. The summed E-state index contributed by atoms with van der Waals surface area (Å²) in [7, 11) is 0. The Labute approximate surface area is 80.3 Å². The van der Waals surface area contributed by atoms with Crippen LogP contribution in [0.15, 0.2) is 17.0 Å². The van der Waals surface area contributed by atoms with Crippen LogP contribution in [0.5, 0.6) is 0 Å². The Kier molecular flexibility index (Phi) is 3.54. The molecule has 0 aromatic heterocycles. The molecule has 0 spiro atoms. The molecule has 0 unspecified atom stereocenters. The van der Waals surface area contributed by atoms with Gasteiger partial charge in [0.1, 0.15) is 11.6 Å². The minimum Gasteiger partial charge on any atom is -0.395 e. The van der Waals surface area contributed by atoms with Crippen LogP contribution in [-0.2, 0) is 0 Å². The van der Waals surface area contributed by atoms with Gasteiger partial charge in [-0.1, -0.05) is 6.92 Å². The van der Waals surface area contributed by atoms with Crippen LogP contribution >= 0.6 is 11.8 Å². The molecule has 1 rings (SSSR count). The lowest BCUT2D eigenvalue weighted by atomic mass is 10.3. The normalized spacial score (nSPS) is 10.4. The van der Waals surface area contributed by atoms with Crippen LogP contribution in [0.2, 0.25) is 0 Å². The van der Waals surface area contributed by atoms with E-state index in [-0.39, 0.29) is 5.69 Å². The van der Waals surface area contributed by atoms with Crippen LogP contribution in [0.4, 0.5) is 14.5 Å². The number of hydrogen-bond donors (Lipinski definition) is 1. The minimum atomic E-state index is -0.682. The van der Waals surface area contributed by atoms with Gasteiger partial charge in [0.15, 0.2) is 0 Å². The Bertz CT molecular complexity index is 302. The van der Waals surface area contributed by atoms with Gasteiger partial charge in [0.2, 0.25) is 0 Å². The summed E-state index contributed by atoms with van der Waals surface area (Å²) in [4.78, 5) is 0.486. The molecular weight excluding hydrogens is 192 g/mol. The molecule has 0 amide bonds. The summed E-state index contributed by atoms with van der Waals surface area (Å²) in [6.07, 6.45) is 0.947. The Morgan fingerprint density at radius 1 is 1.38 bits per heavy atom. The molecule has 1 aromatic carbocycles. The molecule has 1 nitrogen and oxygen atoms in total. The number of halogens is 2. The van der Waals surface area contributed by atoms with Crippen LogP contribution < -0.4 is 5.73 Å². The first kappa shape index (κ1) is 10.3. The van der Waals surface area contributed by atoms with E-state index in [1.165, 1.54) is 17.8 Å². The van der Waals surface area contributed by atoms with E-state index in [0.29, 0.717) is 4.90 Å². The van der Waals surface area contributed by atoms with E-state index in [1.54, 1.807) is 0 Å². The van der Waals surface area contributed by atoms with Gasteiger partial charge in [-0.15, -0.1) is 11.8 Å². The van der Waals surface area contributed by atoms with Crippen molar-refractivity contribution >= 4 is 17.4 Å². The zero-order chi connectivity index (χ0) is 9.84. The van der Waals surface area contributed by atoms with Crippen LogP contribution in [0, 0.1) is 11.6 Å². The van der Waals surface area contributed by atoms with Crippen LogP contribution in [-0.4, -0.2) is 5.75 Å². The molecular formula is C9H11F2NS. The first-order valence-electron chi connectivity index (χ1n) is 4.02. The average molecular weight is 203 g/mol. The highest BCUT2D eigenvalue weighted by Gasteiger charge is 2.07. The Morgan fingerprint density at radius 2 is 2.08 bits per heavy atom. The van der Waals surface area contributed by atoms with Gasteiger partial charge < -0.3 is 5.73 Å². The summed E-state index contributed by atoms with van der Waals surface area (Å²) in [6.45, 7) is 2.00. The zero-order valence-electron chi connectivity index (χ0n) is 7.31. The van der Waals surface area contributed by atoms with Crippen LogP contribution in [0.25, 0.3) is 0 Å². The molecule has 2 N–H and O–H groups in total. The van der Waals surface area contributed by atoms with Gasteiger partial charge in [0.05, 0.1) is 5.69 Å². The summed E-state index contributed by atoms with van der Waals surface area (Å²) in [5, 5.41) is 0. The van der Waals surface area contributed by atoms with E-state index in [1.807, 2.05) is 6.92 Å². The van der Waals surface area contributed by atoms with Gasteiger partial charge >= 0.3 is 0 Å². The van der Waals surface area contributed by atoms with E-state index in [2.05, 4.69) is 0 Å². The predicted octanol–water partition coefficient (Wildman–Crippen LogP) is 3.05. The van der Waals surface area contributed by atoms with Gasteiger partial charge in [0, 0.05) is 11.0 Å². The molecule has 0 aliphatic carbocycles. The predicted molar refractivity (Wildman–Crippen MR) is 51.8 cm³/mol. The summed E-state index contributed by atoms with van der Waals surface area (Å²) in [5.41, 5.74) is 5.47. The van der Waals surface area contributed by atoms with Crippen molar-refractivity contribution in [3.05, 3.63) is 23.8 Å². The number of rotatable bonds is 3. The highest BCUT2D eigenvalue weighted by molar-refractivity contribution is 7.99. The number of benzene rings is 1. The van der Waals surface area contributed by atoms with Crippen molar-refractivity contribution in [2.75, 3.05) is 11.5 Å². The van der Waals surface area contributed by atoms with Crippen molar-refractivity contribution in [3.8, 4) is 0 Å². The van der Waals surface area contributed by atoms with E-state index in [4.69, 9.17) is 5.73 Å². The fraction of sp³-hybridized carbons (Fsp3) is 0.333. The van der Waals surface area contributed by atoms with Crippen molar-refractivity contribution in [3.63, 3.8) is 0 Å². The molecule has 72 valence electrons. The first-order valence-corrected chi connectivity index (χ1v) is 5.01. The van der Waals surface area contributed by atoms with Crippen molar-refractivity contribution in [2.24, 2.45) is 0 Å². The van der Waals surface area contributed by atoms with Crippen LogP contribution in [0.3, 0.4) is 0 Å². The first-order chi connectivity index (χ1) is 6.15. The van der Waals surface area contributed by atoms with Gasteiger partial charge in [-0.3, -0.25) is 0 Å². The van der Waals surface area contributed by atoms with E-state index in [9.17, 15) is 8.78 Å². The second-order valence-electron chi connectivity index (χ2n) is 2.65. The molecule has 0 saturated heterocycles. The third-order valence-corrected chi connectivity index (χ3v) is 2.78. The van der Waals surface area contributed by atoms with E-state index in [0.717, 1.165) is 18.2 Å². The Hall–Kier alpha value is -0.770. The smallest absolute Gasteiger partial charge is 0.150 e. The van der Waals surface area contributed by atoms with Gasteiger partial charge in [-0.2, -0.15) is 0 Å². The molecule has 0 aliphatic heterocycles. The molecule has 0 saturated carbocycles. The van der Waals surface area contributed by atoms with E-state index < -0.39 is 11.6 Å². The fourth-order valence-corrected chi connectivity index (χ4v) is 1.77. The second-order valence-corrected chi connectivity index (χ2v) is 3.78. The second kappa shape index (κ2) is 4.46. The molecule has 0 radical (unpaired) electrons. The van der Waals surface area contributed by atoms with Gasteiger partial charge in [-0.25, -0.2) is 8.78 Å². The van der Waals surface area contributed by atoms with Crippen molar-refractivity contribution in [1.82, 2.24) is 0 Å². The monoisotopic (exact) mass is 203 g/mol. The highest BCUT2D eigenvalue weighted by atomic mass is 32.2. The van der Waals surface area contributed by atoms with Crippen molar-refractivity contribution < 1.29 is 8.78 Å². The molecule has 0 heterocycles. The minimum absolute atomic E-state index is 0.0415. The summed E-state index contributed by atoms with van der Waals surface area (Å²) < 4.78 is 25.6. The number of nitrogens with two attached hydrogens (primary N) is 1. The van der Waals surface area contributed by atoms with Crippen LogP contribution in [0.1, 0.15) is 13.3 Å². The number of anilines is 1. The summed E-state index contributed by atoms with van der Waals surface area (Å²) in [5.74, 6) is -0.448. The lowest BCUT2D eigenvalue weighted by molar-refractivity contribution is 0.581. The SMILES string of the molecule is CCCSc1cc(F)cc(F)c1N. The largest absolute Gasteiger partial charge is 0.395 e. The topological polar surface area (TPSA) is 26.0 Å². The molecule has 4 heteroatoms. The van der Waals surface area contributed by atoms with Crippen molar-refractivity contribution in [1.29, 1.82) is 0 Å². The fourth-order valence-electron chi connectivity index (χ4n) is 0.893. The quantitative estimate of drug-likeness (QED) is 0.603. The lowest BCUT2D eigenvalue weighted by Gasteiger charge is -2.05. The molecule has 0 bridgehead atoms. The summed E-state index contributed by atoms with van der Waals surface area (Å²) in [6, 6.07) is 2.06.